The number of benzene rings is 1. The van der Waals surface area contributed by atoms with Crippen LogP contribution in [0.15, 0.2) is 24.4 Å². The number of aromatic nitrogens is 1. The fourth-order valence-electron chi connectivity index (χ4n) is 1.69. The van der Waals surface area contributed by atoms with Gasteiger partial charge in [-0.15, -0.1) is 0 Å². The molecule has 0 fully saturated rings. The van der Waals surface area contributed by atoms with Crippen LogP contribution >= 0.6 is 0 Å². The van der Waals surface area contributed by atoms with Crippen LogP contribution in [0.4, 0.5) is 5.69 Å². The van der Waals surface area contributed by atoms with Gasteiger partial charge in [0.05, 0.1) is 31.6 Å². The van der Waals surface area contributed by atoms with E-state index in [1.807, 2.05) is 25.2 Å². The van der Waals surface area contributed by atoms with E-state index in [4.69, 9.17) is 9.47 Å². The minimum atomic E-state index is 0.725. The molecule has 0 radical (unpaired) electrons. The Morgan fingerprint density at radius 3 is 2.62 bits per heavy atom. The number of hydrogen-bond acceptors (Lipinski definition) is 4. The molecule has 0 unspecified atom stereocenters. The Balaban J connectivity index is 2.73. The lowest BCUT2D eigenvalue weighted by molar-refractivity contribution is 0.414. The van der Waals surface area contributed by atoms with Crippen LogP contribution in [0, 0.1) is 0 Å². The molecule has 0 aliphatic heterocycles. The number of pyridine rings is 1. The van der Waals surface area contributed by atoms with Gasteiger partial charge < -0.3 is 14.8 Å². The number of fused-ring (bicyclic) bond motifs is 1. The second kappa shape index (κ2) is 4.26. The zero-order chi connectivity index (χ0) is 11.5. The molecular formula is C12H14N2O2. The van der Waals surface area contributed by atoms with Crippen molar-refractivity contribution in [2.24, 2.45) is 0 Å². The van der Waals surface area contributed by atoms with Crippen LogP contribution in [0.3, 0.4) is 0 Å². The second-order valence-electron chi connectivity index (χ2n) is 3.33. The highest BCUT2D eigenvalue weighted by atomic mass is 16.5. The molecule has 1 aromatic carbocycles. The van der Waals surface area contributed by atoms with Gasteiger partial charge in [0.2, 0.25) is 0 Å². The van der Waals surface area contributed by atoms with Crippen LogP contribution < -0.4 is 14.8 Å². The van der Waals surface area contributed by atoms with Gasteiger partial charge in [0.15, 0.2) is 5.75 Å². The molecule has 0 saturated carbocycles. The molecule has 84 valence electrons. The van der Waals surface area contributed by atoms with Gasteiger partial charge in [-0.25, -0.2) is 0 Å². The second-order valence-corrected chi connectivity index (χ2v) is 3.33. The molecular weight excluding hydrogens is 204 g/mol. The molecule has 1 heterocycles. The van der Waals surface area contributed by atoms with Crippen molar-refractivity contribution in [2.45, 2.75) is 0 Å². The molecule has 16 heavy (non-hydrogen) atoms. The highest BCUT2D eigenvalue weighted by molar-refractivity contribution is 5.95. The van der Waals surface area contributed by atoms with Crippen LogP contribution in [0.1, 0.15) is 0 Å². The lowest BCUT2D eigenvalue weighted by Crippen LogP contribution is -1.96. The molecule has 0 spiro atoms. The van der Waals surface area contributed by atoms with Crippen molar-refractivity contribution in [3.05, 3.63) is 24.4 Å². The molecule has 0 saturated heterocycles. The maximum absolute atomic E-state index is 5.25. The first-order chi connectivity index (χ1) is 7.80. The van der Waals surface area contributed by atoms with Gasteiger partial charge in [0, 0.05) is 12.4 Å². The first kappa shape index (κ1) is 10.5. The number of hydrogen-bond donors (Lipinski definition) is 1. The summed E-state index contributed by atoms with van der Waals surface area (Å²) in [5.41, 5.74) is 1.83. The van der Waals surface area contributed by atoms with Crippen molar-refractivity contribution in [3.8, 4) is 11.5 Å². The Morgan fingerprint density at radius 1 is 1.19 bits per heavy atom. The fourth-order valence-corrected chi connectivity index (χ4v) is 1.69. The summed E-state index contributed by atoms with van der Waals surface area (Å²) in [5, 5.41) is 4.11. The van der Waals surface area contributed by atoms with Gasteiger partial charge in [0.25, 0.3) is 0 Å². The van der Waals surface area contributed by atoms with E-state index in [2.05, 4.69) is 10.3 Å². The van der Waals surface area contributed by atoms with Crippen molar-refractivity contribution in [2.75, 3.05) is 26.6 Å². The lowest BCUT2D eigenvalue weighted by Gasteiger charge is -2.11. The van der Waals surface area contributed by atoms with Gasteiger partial charge in [-0.2, -0.15) is 0 Å². The standard InChI is InChI=1S/C12H14N2O2/c1-13-12-9-6-8(15-2)4-5-10(9)14-7-11(12)16-3/h4-7H,1-3H3,(H,13,14). The maximum Gasteiger partial charge on any atom is 0.160 e. The maximum atomic E-state index is 5.25. The Hall–Kier alpha value is -1.97. The summed E-state index contributed by atoms with van der Waals surface area (Å²) in [6, 6.07) is 5.76. The van der Waals surface area contributed by atoms with Crippen LogP contribution in [0.2, 0.25) is 0 Å². The third kappa shape index (κ3) is 1.62. The number of nitrogens with one attached hydrogen (secondary N) is 1. The van der Waals surface area contributed by atoms with E-state index in [0.29, 0.717) is 0 Å². The third-order valence-electron chi connectivity index (χ3n) is 2.51. The number of nitrogens with zero attached hydrogens (tertiary/aromatic N) is 1. The topological polar surface area (TPSA) is 43.4 Å². The summed E-state index contributed by atoms with van der Waals surface area (Å²) < 4.78 is 10.5. The summed E-state index contributed by atoms with van der Waals surface area (Å²) in [7, 11) is 5.13. The SMILES string of the molecule is CNc1c(OC)cnc2ccc(OC)cc12. The quantitative estimate of drug-likeness (QED) is 0.858. The van der Waals surface area contributed by atoms with Crippen molar-refractivity contribution in [3.63, 3.8) is 0 Å². The molecule has 1 aromatic heterocycles. The van der Waals surface area contributed by atoms with Crippen molar-refractivity contribution < 1.29 is 9.47 Å². The van der Waals surface area contributed by atoms with E-state index < -0.39 is 0 Å². The first-order valence-corrected chi connectivity index (χ1v) is 4.98. The Kier molecular flexibility index (Phi) is 2.81. The van der Waals surface area contributed by atoms with Crippen molar-refractivity contribution >= 4 is 16.6 Å². The van der Waals surface area contributed by atoms with E-state index in [9.17, 15) is 0 Å². The Morgan fingerprint density at radius 2 is 2.00 bits per heavy atom. The van der Waals surface area contributed by atoms with Crippen LogP contribution in [0.25, 0.3) is 10.9 Å². The average Bonchev–Trinajstić information content (AvgIpc) is 2.36. The first-order valence-electron chi connectivity index (χ1n) is 4.98. The highest BCUT2D eigenvalue weighted by Crippen LogP contribution is 2.33. The van der Waals surface area contributed by atoms with Crippen LogP contribution in [-0.2, 0) is 0 Å². The van der Waals surface area contributed by atoms with E-state index in [1.54, 1.807) is 20.4 Å². The third-order valence-corrected chi connectivity index (χ3v) is 2.51. The molecule has 0 aliphatic carbocycles. The summed E-state index contributed by atoms with van der Waals surface area (Å²) >= 11 is 0. The van der Waals surface area contributed by atoms with Gasteiger partial charge in [0.1, 0.15) is 5.75 Å². The van der Waals surface area contributed by atoms with E-state index in [-0.39, 0.29) is 0 Å². The number of methoxy groups -OCH3 is 2. The van der Waals surface area contributed by atoms with Crippen LogP contribution in [0.5, 0.6) is 11.5 Å². The summed E-state index contributed by atoms with van der Waals surface area (Å²) in [6.07, 6.45) is 1.71. The molecule has 2 aromatic rings. The molecule has 2 rings (SSSR count). The lowest BCUT2D eigenvalue weighted by atomic mass is 10.1. The van der Waals surface area contributed by atoms with Crippen molar-refractivity contribution in [1.82, 2.24) is 4.98 Å². The highest BCUT2D eigenvalue weighted by Gasteiger charge is 2.08. The number of anilines is 1. The predicted octanol–water partition coefficient (Wildman–Crippen LogP) is 2.29. The predicted molar refractivity (Wildman–Crippen MR) is 64.4 cm³/mol. The number of ether oxygens (including phenoxy) is 2. The minimum Gasteiger partial charge on any atom is -0.497 e. The summed E-state index contributed by atoms with van der Waals surface area (Å²) in [6.45, 7) is 0. The number of rotatable bonds is 3. The normalized spacial score (nSPS) is 10.2. The summed E-state index contributed by atoms with van der Waals surface area (Å²) in [4.78, 5) is 4.32. The molecule has 4 heteroatoms. The monoisotopic (exact) mass is 218 g/mol. The van der Waals surface area contributed by atoms with E-state index in [1.165, 1.54) is 0 Å². The summed E-state index contributed by atoms with van der Waals surface area (Å²) in [5.74, 6) is 1.53. The Labute approximate surface area is 94.2 Å². The molecule has 0 bridgehead atoms. The van der Waals surface area contributed by atoms with E-state index in [0.717, 1.165) is 28.1 Å². The zero-order valence-electron chi connectivity index (χ0n) is 9.57. The Bertz CT molecular complexity index is 506. The smallest absolute Gasteiger partial charge is 0.160 e. The molecule has 0 atom stereocenters. The van der Waals surface area contributed by atoms with Crippen molar-refractivity contribution in [1.29, 1.82) is 0 Å². The molecule has 0 aliphatic rings. The minimum absolute atomic E-state index is 0.725. The van der Waals surface area contributed by atoms with Crippen LogP contribution in [-0.4, -0.2) is 26.3 Å². The van der Waals surface area contributed by atoms with E-state index >= 15 is 0 Å². The van der Waals surface area contributed by atoms with Gasteiger partial charge in [-0.3, -0.25) is 4.98 Å². The van der Waals surface area contributed by atoms with Gasteiger partial charge in [-0.05, 0) is 18.2 Å². The fraction of sp³-hybridized carbons (Fsp3) is 0.250. The van der Waals surface area contributed by atoms with Gasteiger partial charge >= 0.3 is 0 Å². The molecule has 1 N–H and O–H groups in total. The molecule has 0 amide bonds. The largest absolute Gasteiger partial charge is 0.497 e. The zero-order valence-corrected chi connectivity index (χ0v) is 9.57. The van der Waals surface area contributed by atoms with Gasteiger partial charge in [-0.1, -0.05) is 0 Å². The molecule has 4 nitrogen and oxygen atoms in total. The average molecular weight is 218 g/mol.